The Bertz CT molecular complexity index is 1100. The Hall–Kier alpha value is -3.60. The van der Waals surface area contributed by atoms with Crippen molar-refractivity contribution in [3.8, 4) is 6.07 Å². The van der Waals surface area contributed by atoms with Crippen molar-refractivity contribution in [1.82, 2.24) is 14.6 Å². The van der Waals surface area contributed by atoms with E-state index in [1.165, 1.54) is 6.20 Å². The van der Waals surface area contributed by atoms with Gasteiger partial charge in [-0.1, -0.05) is 0 Å². The van der Waals surface area contributed by atoms with Crippen LogP contribution in [0.1, 0.15) is 41.6 Å². The molecular formula is C21H21N7O. The van der Waals surface area contributed by atoms with Gasteiger partial charge in [-0.3, -0.25) is 4.79 Å². The number of amides is 1. The molecule has 29 heavy (non-hydrogen) atoms. The highest BCUT2D eigenvalue weighted by Crippen LogP contribution is 2.40. The van der Waals surface area contributed by atoms with Gasteiger partial charge in [0.05, 0.1) is 28.5 Å². The van der Waals surface area contributed by atoms with Crippen molar-refractivity contribution in [2.45, 2.75) is 43.8 Å². The van der Waals surface area contributed by atoms with Crippen molar-refractivity contribution in [2.75, 3.05) is 10.2 Å². The third-order valence-electron chi connectivity index (χ3n) is 6.05. The van der Waals surface area contributed by atoms with E-state index in [-0.39, 0.29) is 6.04 Å². The molecule has 0 aromatic carbocycles. The van der Waals surface area contributed by atoms with Gasteiger partial charge in [0.2, 0.25) is 0 Å². The average Bonchev–Trinajstić information content (AvgIpc) is 3.31. The predicted molar refractivity (Wildman–Crippen MR) is 109 cm³/mol. The smallest absolute Gasteiger partial charge is 0.252 e. The number of carbonyl (C=O) groups excluding carboxylic acids is 1. The molecule has 1 amide bonds. The van der Waals surface area contributed by atoms with Gasteiger partial charge in [-0.2, -0.15) is 10.4 Å². The first kappa shape index (κ1) is 17.5. The number of nitrogens with one attached hydrogen (secondary N) is 1. The van der Waals surface area contributed by atoms with E-state index in [9.17, 15) is 4.79 Å². The second kappa shape index (κ2) is 6.78. The summed E-state index contributed by atoms with van der Waals surface area (Å²) in [5, 5.41) is 16.9. The number of pyridine rings is 1. The van der Waals surface area contributed by atoms with E-state index in [1.807, 2.05) is 30.5 Å². The summed E-state index contributed by atoms with van der Waals surface area (Å²) in [6.07, 6.45) is 9.15. The van der Waals surface area contributed by atoms with Gasteiger partial charge in [-0.25, -0.2) is 9.50 Å². The summed E-state index contributed by atoms with van der Waals surface area (Å²) < 4.78 is 1.75. The Morgan fingerprint density at radius 3 is 2.66 bits per heavy atom. The highest BCUT2D eigenvalue weighted by atomic mass is 16.1. The van der Waals surface area contributed by atoms with Gasteiger partial charge in [0.25, 0.3) is 5.91 Å². The Labute approximate surface area is 167 Å². The van der Waals surface area contributed by atoms with Crippen molar-refractivity contribution in [1.29, 1.82) is 5.26 Å². The maximum absolute atomic E-state index is 12.0. The maximum atomic E-state index is 12.0. The molecule has 0 saturated carbocycles. The van der Waals surface area contributed by atoms with Crippen molar-refractivity contribution in [3.05, 3.63) is 54.0 Å². The van der Waals surface area contributed by atoms with E-state index in [4.69, 9.17) is 11.0 Å². The molecule has 0 radical (unpaired) electrons. The van der Waals surface area contributed by atoms with Crippen LogP contribution >= 0.6 is 0 Å². The first-order chi connectivity index (χ1) is 14.1. The molecule has 2 atom stereocenters. The number of hydrogen-bond donors (Lipinski definition) is 2. The molecule has 2 fully saturated rings. The molecule has 0 aliphatic carbocycles. The maximum Gasteiger partial charge on any atom is 0.252 e. The van der Waals surface area contributed by atoms with E-state index in [2.05, 4.69) is 26.4 Å². The van der Waals surface area contributed by atoms with Crippen molar-refractivity contribution < 1.29 is 4.79 Å². The van der Waals surface area contributed by atoms with Gasteiger partial charge in [0.15, 0.2) is 0 Å². The fourth-order valence-corrected chi connectivity index (χ4v) is 4.81. The number of fused-ring (bicyclic) bond motifs is 3. The van der Waals surface area contributed by atoms with Gasteiger partial charge in [0, 0.05) is 30.5 Å². The Morgan fingerprint density at radius 2 is 2.00 bits per heavy atom. The van der Waals surface area contributed by atoms with Crippen LogP contribution < -0.4 is 16.0 Å². The summed E-state index contributed by atoms with van der Waals surface area (Å²) in [4.78, 5) is 18.9. The van der Waals surface area contributed by atoms with Gasteiger partial charge in [0.1, 0.15) is 11.9 Å². The van der Waals surface area contributed by atoms with Crippen LogP contribution in [0, 0.1) is 11.3 Å². The number of piperidine rings is 1. The number of carbonyl (C=O) groups is 1. The molecule has 8 nitrogen and oxygen atoms in total. The van der Waals surface area contributed by atoms with Gasteiger partial charge >= 0.3 is 0 Å². The first-order valence-corrected chi connectivity index (χ1v) is 9.81. The number of rotatable bonds is 4. The summed E-state index contributed by atoms with van der Waals surface area (Å²) in [7, 11) is 0. The molecular weight excluding hydrogens is 366 g/mol. The summed E-state index contributed by atoms with van der Waals surface area (Å²) in [5.74, 6) is 0.455. The molecule has 146 valence electrons. The van der Waals surface area contributed by atoms with Gasteiger partial charge < -0.3 is 16.0 Å². The summed E-state index contributed by atoms with van der Waals surface area (Å²) in [6, 6.07) is 10.7. The number of nitrogens with two attached hydrogens (primary N) is 1. The minimum atomic E-state index is -0.481. The zero-order valence-corrected chi connectivity index (χ0v) is 15.8. The molecule has 2 aliphatic heterocycles. The molecule has 8 heteroatoms. The minimum Gasteiger partial charge on any atom is -0.380 e. The molecule has 2 bridgehead atoms. The van der Waals surface area contributed by atoms with Gasteiger partial charge in [-0.05, 0) is 49.9 Å². The third kappa shape index (κ3) is 2.95. The van der Waals surface area contributed by atoms with E-state index in [0.717, 1.165) is 42.7 Å². The number of anilines is 2. The summed E-state index contributed by atoms with van der Waals surface area (Å²) in [6.45, 7) is 0. The van der Waals surface area contributed by atoms with Gasteiger partial charge in [-0.15, -0.1) is 0 Å². The monoisotopic (exact) mass is 387 g/mol. The van der Waals surface area contributed by atoms with Crippen LogP contribution in [0.25, 0.3) is 5.52 Å². The number of primary amides is 1. The second-order valence-corrected chi connectivity index (χ2v) is 7.76. The fraction of sp³-hybridized carbons (Fsp3) is 0.333. The van der Waals surface area contributed by atoms with Crippen LogP contribution in [0.2, 0.25) is 0 Å². The van der Waals surface area contributed by atoms with Crippen molar-refractivity contribution in [2.24, 2.45) is 5.73 Å². The average molecular weight is 387 g/mol. The quantitative estimate of drug-likeness (QED) is 0.710. The Morgan fingerprint density at radius 1 is 1.21 bits per heavy atom. The van der Waals surface area contributed by atoms with Crippen LogP contribution in [0.15, 0.2) is 42.9 Å². The molecule has 2 aliphatic rings. The van der Waals surface area contributed by atoms with Crippen LogP contribution in [0.5, 0.6) is 0 Å². The molecule has 0 spiro atoms. The normalized spacial score (nSPS) is 23.1. The number of nitriles is 1. The standard InChI is InChI=1S/C21H21N7O/c22-10-13-3-6-19(24-11-13)28-15-4-5-16(28)9-14(8-15)26-20-17(21(23)29)12-25-27-7-1-2-18(20)27/h1-3,6-7,11-12,14-16,26H,4-5,8-9H2,(H2,23,29). The molecule has 3 N–H and O–H groups in total. The lowest BCUT2D eigenvalue weighted by molar-refractivity contribution is 0.100. The van der Waals surface area contributed by atoms with Crippen LogP contribution in [0.4, 0.5) is 11.5 Å². The number of nitrogens with zero attached hydrogens (tertiary/aromatic N) is 5. The molecule has 3 aromatic rings. The SMILES string of the molecule is N#Cc1ccc(N2C3CCC2CC(Nc2c(C(N)=O)cnn4cccc24)C3)nc1. The van der Waals surface area contributed by atoms with E-state index in [0.29, 0.717) is 23.2 Å². The zero-order valence-electron chi connectivity index (χ0n) is 15.8. The van der Waals surface area contributed by atoms with E-state index < -0.39 is 5.91 Å². The molecule has 5 heterocycles. The summed E-state index contributed by atoms with van der Waals surface area (Å²) in [5.41, 5.74) is 8.20. The molecule has 5 rings (SSSR count). The zero-order chi connectivity index (χ0) is 20.0. The van der Waals surface area contributed by atoms with E-state index >= 15 is 0 Å². The van der Waals surface area contributed by atoms with Crippen LogP contribution in [-0.4, -0.2) is 38.6 Å². The topological polar surface area (TPSA) is 112 Å². The lowest BCUT2D eigenvalue weighted by Gasteiger charge is -2.40. The predicted octanol–water partition coefficient (Wildman–Crippen LogP) is 2.31. The first-order valence-electron chi connectivity index (χ1n) is 9.81. The fourth-order valence-electron chi connectivity index (χ4n) is 4.81. The minimum absolute atomic E-state index is 0.237. The lowest BCUT2D eigenvalue weighted by atomic mass is 9.96. The van der Waals surface area contributed by atoms with Crippen molar-refractivity contribution in [3.63, 3.8) is 0 Å². The van der Waals surface area contributed by atoms with Crippen molar-refractivity contribution >= 4 is 22.9 Å². The highest BCUT2D eigenvalue weighted by molar-refractivity contribution is 6.01. The Kier molecular flexibility index (Phi) is 4.09. The largest absolute Gasteiger partial charge is 0.380 e. The molecule has 2 saturated heterocycles. The molecule has 3 aromatic heterocycles. The number of aromatic nitrogens is 3. The Balaban J connectivity index is 1.40. The summed E-state index contributed by atoms with van der Waals surface area (Å²) >= 11 is 0. The van der Waals surface area contributed by atoms with Crippen LogP contribution in [-0.2, 0) is 0 Å². The third-order valence-corrected chi connectivity index (χ3v) is 6.05. The lowest BCUT2D eigenvalue weighted by Crippen LogP contribution is -2.47. The molecule has 2 unspecified atom stereocenters. The van der Waals surface area contributed by atoms with Crippen LogP contribution in [0.3, 0.4) is 0 Å². The van der Waals surface area contributed by atoms with E-state index in [1.54, 1.807) is 10.7 Å². The number of hydrogen-bond acceptors (Lipinski definition) is 6. The highest BCUT2D eigenvalue weighted by Gasteiger charge is 2.41. The second-order valence-electron chi connectivity index (χ2n) is 7.76.